The number of nitrogens with zero attached hydrogens (tertiary/aromatic N) is 2. The molecular weight excluding hydrogens is 367 g/mol. The number of aliphatic imine (C=N–C) groups is 1. The zero-order chi connectivity index (χ0) is 13.9. The average Bonchev–Trinajstić information content (AvgIpc) is 2.42. The highest BCUT2D eigenvalue weighted by atomic mass is 127. The van der Waals surface area contributed by atoms with Gasteiger partial charge < -0.3 is 20.6 Å². The van der Waals surface area contributed by atoms with Gasteiger partial charge in [-0.25, -0.2) is 0 Å². The predicted molar refractivity (Wildman–Crippen MR) is 95.9 cm³/mol. The van der Waals surface area contributed by atoms with Crippen molar-refractivity contribution in [3.8, 4) is 0 Å². The fourth-order valence-corrected chi connectivity index (χ4v) is 2.14. The fourth-order valence-electron chi connectivity index (χ4n) is 2.14. The topological polar surface area (TPSA) is 59.9 Å². The monoisotopic (exact) mass is 396 g/mol. The van der Waals surface area contributed by atoms with Crippen LogP contribution in [0.1, 0.15) is 26.2 Å². The van der Waals surface area contributed by atoms with Crippen LogP contribution in [0.3, 0.4) is 0 Å². The number of rotatable bonds is 7. The lowest BCUT2D eigenvalue weighted by Gasteiger charge is -2.29. The Balaban J connectivity index is 0.00000361. The molecule has 0 bridgehead atoms. The van der Waals surface area contributed by atoms with E-state index in [0.29, 0.717) is 0 Å². The van der Waals surface area contributed by atoms with E-state index in [1.54, 1.807) is 0 Å². The number of halogens is 1. The number of likely N-dealkylation sites (tertiary alicyclic amines) is 1. The second-order valence-electron chi connectivity index (χ2n) is 4.86. The van der Waals surface area contributed by atoms with E-state index in [0.717, 1.165) is 64.5 Å². The Hall–Kier alpha value is -0.340. The molecule has 6 heteroatoms. The van der Waals surface area contributed by atoms with Gasteiger partial charge in [0.1, 0.15) is 0 Å². The van der Waals surface area contributed by atoms with Crippen molar-refractivity contribution in [1.82, 2.24) is 15.5 Å². The van der Waals surface area contributed by atoms with Gasteiger partial charge in [0.2, 0.25) is 0 Å². The van der Waals surface area contributed by atoms with Crippen molar-refractivity contribution < 1.29 is 5.11 Å². The van der Waals surface area contributed by atoms with Crippen LogP contribution in [0.2, 0.25) is 0 Å². The summed E-state index contributed by atoms with van der Waals surface area (Å²) in [5.41, 5.74) is 0. The van der Waals surface area contributed by atoms with Crippen molar-refractivity contribution in [2.24, 2.45) is 4.99 Å². The van der Waals surface area contributed by atoms with Gasteiger partial charge in [-0.2, -0.15) is 0 Å². The maximum atomic E-state index is 9.44. The summed E-state index contributed by atoms with van der Waals surface area (Å²) < 4.78 is 0. The predicted octanol–water partition coefficient (Wildman–Crippen LogP) is 1.19. The average molecular weight is 396 g/mol. The molecule has 1 fully saturated rings. The van der Waals surface area contributed by atoms with E-state index in [9.17, 15) is 5.11 Å². The largest absolute Gasteiger partial charge is 0.393 e. The van der Waals surface area contributed by atoms with Gasteiger partial charge in [0.05, 0.1) is 6.10 Å². The van der Waals surface area contributed by atoms with E-state index in [2.05, 4.69) is 34.0 Å². The summed E-state index contributed by atoms with van der Waals surface area (Å²) in [5.74, 6) is 0.858. The van der Waals surface area contributed by atoms with Crippen molar-refractivity contribution in [2.75, 3.05) is 39.3 Å². The van der Waals surface area contributed by atoms with E-state index in [1.807, 2.05) is 6.08 Å². The number of aliphatic hydroxyl groups excluding tert-OH is 1. The molecule has 1 rings (SSSR count). The molecule has 0 amide bonds. The van der Waals surface area contributed by atoms with Gasteiger partial charge in [-0.1, -0.05) is 6.08 Å². The molecule has 0 atom stereocenters. The Bertz CT molecular complexity index is 278. The van der Waals surface area contributed by atoms with Crippen molar-refractivity contribution in [3.63, 3.8) is 0 Å². The van der Waals surface area contributed by atoms with Crippen LogP contribution >= 0.6 is 24.0 Å². The highest BCUT2D eigenvalue weighted by Gasteiger charge is 2.15. The minimum atomic E-state index is -0.0854. The normalized spacial score (nSPS) is 17.4. The number of nitrogens with one attached hydrogen (secondary N) is 2. The van der Waals surface area contributed by atoms with Crippen LogP contribution in [0.25, 0.3) is 0 Å². The summed E-state index contributed by atoms with van der Waals surface area (Å²) in [6.07, 6.45) is 4.62. The van der Waals surface area contributed by atoms with Crippen LogP contribution < -0.4 is 10.6 Å². The van der Waals surface area contributed by atoms with E-state index in [1.165, 1.54) is 0 Å². The van der Waals surface area contributed by atoms with Crippen LogP contribution in [0.15, 0.2) is 17.6 Å². The molecule has 1 heterocycles. The third-order valence-corrected chi connectivity index (χ3v) is 3.22. The van der Waals surface area contributed by atoms with E-state index < -0.39 is 0 Å². The van der Waals surface area contributed by atoms with Crippen LogP contribution in [0.5, 0.6) is 0 Å². The SMILES string of the molecule is C=CCNC(=NCCCN1CCC(O)CC1)NCC.I. The van der Waals surface area contributed by atoms with E-state index in [4.69, 9.17) is 0 Å². The van der Waals surface area contributed by atoms with Crippen LogP contribution in [-0.2, 0) is 0 Å². The highest BCUT2D eigenvalue weighted by molar-refractivity contribution is 14.0. The maximum Gasteiger partial charge on any atom is 0.191 e. The molecule has 118 valence electrons. The molecule has 1 aliphatic rings. The molecule has 0 spiro atoms. The third-order valence-electron chi connectivity index (χ3n) is 3.22. The Morgan fingerprint density at radius 2 is 2.10 bits per heavy atom. The van der Waals surface area contributed by atoms with Gasteiger partial charge >= 0.3 is 0 Å². The van der Waals surface area contributed by atoms with Gasteiger partial charge in [-0.05, 0) is 32.7 Å². The zero-order valence-electron chi connectivity index (χ0n) is 12.5. The molecule has 1 aliphatic heterocycles. The first-order chi connectivity index (χ1) is 9.26. The quantitative estimate of drug-likeness (QED) is 0.199. The summed E-state index contributed by atoms with van der Waals surface area (Å²) in [6, 6.07) is 0. The first-order valence-corrected chi connectivity index (χ1v) is 7.29. The van der Waals surface area contributed by atoms with Gasteiger partial charge in [-0.3, -0.25) is 4.99 Å². The Morgan fingerprint density at radius 3 is 2.70 bits per heavy atom. The van der Waals surface area contributed by atoms with Crippen molar-refractivity contribution in [2.45, 2.75) is 32.3 Å². The minimum Gasteiger partial charge on any atom is -0.393 e. The molecule has 3 N–H and O–H groups in total. The smallest absolute Gasteiger partial charge is 0.191 e. The summed E-state index contributed by atoms with van der Waals surface area (Å²) in [7, 11) is 0. The van der Waals surface area contributed by atoms with Crippen molar-refractivity contribution in [1.29, 1.82) is 0 Å². The number of hydrogen-bond acceptors (Lipinski definition) is 3. The molecule has 20 heavy (non-hydrogen) atoms. The fraction of sp³-hybridized carbons (Fsp3) is 0.786. The van der Waals surface area contributed by atoms with Crippen molar-refractivity contribution >= 4 is 29.9 Å². The molecule has 0 aliphatic carbocycles. The first-order valence-electron chi connectivity index (χ1n) is 7.29. The standard InChI is InChI=1S/C14H28N4O.HI/c1-3-8-16-14(15-4-2)17-9-5-10-18-11-6-13(19)7-12-18;/h3,13,19H,1,4-12H2,2H3,(H2,15,16,17);1H. The number of aliphatic hydroxyl groups is 1. The number of hydrogen-bond donors (Lipinski definition) is 3. The number of piperidine rings is 1. The second-order valence-corrected chi connectivity index (χ2v) is 4.86. The minimum absolute atomic E-state index is 0. The Kier molecular flexibility index (Phi) is 12.2. The molecule has 0 radical (unpaired) electrons. The maximum absolute atomic E-state index is 9.44. The lowest BCUT2D eigenvalue weighted by atomic mass is 10.1. The summed E-state index contributed by atoms with van der Waals surface area (Å²) >= 11 is 0. The molecule has 0 saturated carbocycles. The van der Waals surface area contributed by atoms with Crippen LogP contribution in [-0.4, -0.2) is 61.3 Å². The molecule has 1 saturated heterocycles. The van der Waals surface area contributed by atoms with Gasteiger partial charge in [0.15, 0.2) is 5.96 Å². The van der Waals surface area contributed by atoms with Gasteiger partial charge in [0.25, 0.3) is 0 Å². The molecule has 0 aromatic carbocycles. The lowest BCUT2D eigenvalue weighted by molar-refractivity contribution is 0.0824. The summed E-state index contributed by atoms with van der Waals surface area (Å²) in [5, 5.41) is 15.8. The first kappa shape index (κ1) is 19.7. The Labute approximate surface area is 139 Å². The van der Waals surface area contributed by atoms with Crippen LogP contribution in [0, 0.1) is 0 Å². The van der Waals surface area contributed by atoms with E-state index in [-0.39, 0.29) is 30.1 Å². The second kappa shape index (κ2) is 12.4. The zero-order valence-corrected chi connectivity index (χ0v) is 14.8. The molecule has 0 unspecified atom stereocenters. The summed E-state index contributed by atoms with van der Waals surface area (Å²) in [6.45, 7) is 11.3. The molecular formula is C14H29IN4O. The summed E-state index contributed by atoms with van der Waals surface area (Å²) in [4.78, 5) is 6.93. The van der Waals surface area contributed by atoms with E-state index >= 15 is 0 Å². The third kappa shape index (κ3) is 8.76. The Morgan fingerprint density at radius 1 is 1.40 bits per heavy atom. The van der Waals surface area contributed by atoms with Crippen LogP contribution in [0.4, 0.5) is 0 Å². The van der Waals surface area contributed by atoms with Gasteiger partial charge in [-0.15, -0.1) is 30.6 Å². The van der Waals surface area contributed by atoms with Crippen molar-refractivity contribution in [3.05, 3.63) is 12.7 Å². The molecule has 0 aromatic heterocycles. The molecule has 5 nitrogen and oxygen atoms in total. The lowest BCUT2D eigenvalue weighted by Crippen LogP contribution is -2.38. The van der Waals surface area contributed by atoms with Gasteiger partial charge in [0, 0.05) is 32.7 Å². The highest BCUT2D eigenvalue weighted by Crippen LogP contribution is 2.09. The molecule has 0 aromatic rings. The number of guanidine groups is 1.